The Morgan fingerprint density at radius 1 is 0.690 bits per heavy atom. The van der Waals surface area contributed by atoms with Gasteiger partial charge in [0.25, 0.3) is 5.69 Å². The maximum absolute atomic E-state index is 10.6. The fraction of sp³-hybridized carbons (Fsp3) is 0.727. The van der Waals surface area contributed by atoms with Crippen LogP contribution in [0, 0.1) is 10.1 Å². The molecular weight excluding hydrogens is 374 g/mol. The third-order valence-corrected chi connectivity index (χ3v) is 4.43. The number of hydrogen-bond acceptors (Lipinski definition) is 6. The molecule has 166 valence electrons. The van der Waals surface area contributed by atoms with Gasteiger partial charge >= 0.3 is 0 Å². The topological polar surface area (TPSA) is 80.1 Å². The molecule has 0 amide bonds. The van der Waals surface area contributed by atoms with E-state index in [0.717, 1.165) is 13.0 Å². The van der Waals surface area contributed by atoms with Crippen molar-refractivity contribution in [2.75, 3.05) is 46.2 Å². The number of nitrogens with zero attached hydrogens (tertiary/aromatic N) is 1. The highest BCUT2D eigenvalue weighted by atomic mass is 16.6. The maximum atomic E-state index is 10.6. The van der Waals surface area contributed by atoms with Gasteiger partial charge in [0.2, 0.25) is 0 Å². The van der Waals surface area contributed by atoms with Crippen LogP contribution in [0.1, 0.15) is 58.3 Å². The van der Waals surface area contributed by atoms with Crippen molar-refractivity contribution in [1.82, 2.24) is 0 Å². The molecule has 7 nitrogen and oxygen atoms in total. The van der Waals surface area contributed by atoms with Crippen molar-refractivity contribution in [2.24, 2.45) is 0 Å². The zero-order chi connectivity index (χ0) is 21.0. The van der Waals surface area contributed by atoms with E-state index in [2.05, 4.69) is 6.92 Å². The molecule has 1 rings (SSSR count). The van der Waals surface area contributed by atoms with Gasteiger partial charge in [0.1, 0.15) is 12.4 Å². The molecule has 0 heterocycles. The number of hydrogen-bond donors (Lipinski definition) is 0. The van der Waals surface area contributed by atoms with Gasteiger partial charge in [-0.25, -0.2) is 0 Å². The Bertz CT molecular complexity index is 509. The molecular formula is C22H37NO6. The lowest BCUT2D eigenvalue weighted by Crippen LogP contribution is -2.13. The van der Waals surface area contributed by atoms with Crippen LogP contribution < -0.4 is 4.74 Å². The van der Waals surface area contributed by atoms with Gasteiger partial charge in [-0.15, -0.1) is 0 Å². The number of nitro groups is 1. The first-order valence-corrected chi connectivity index (χ1v) is 10.8. The summed E-state index contributed by atoms with van der Waals surface area (Å²) < 4.78 is 21.9. The maximum Gasteiger partial charge on any atom is 0.269 e. The van der Waals surface area contributed by atoms with Crippen molar-refractivity contribution in [3.05, 3.63) is 34.4 Å². The second-order valence-corrected chi connectivity index (χ2v) is 6.91. The molecule has 0 aliphatic rings. The second-order valence-electron chi connectivity index (χ2n) is 6.91. The third kappa shape index (κ3) is 14.9. The van der Waals surface area contributed by atoms with Gasteiger partial charge in [-0.1, -0.05) is 51.9 Å². The number of rotatable bonds is 20. The minimum absolute atomic E-state index is 0.0486. The van der Waals surface area contributed by atoms with Crippen molar-refractivity contribution in [1.29, 1.82) is 0 Å². The van der Waals surface area contributed by atoms with Gasteiger partial charge in [-0.2, -0.15) is 0 Å². The van der Waals surface area contributed by atoms with Crippen LogP contribution in [0.25, 0.3) is 0 Å². The van der Waals surface area contributed by atoms with Gasteiger partial charge in [0.05, 0.1) is 38.0 Å². The van der Waals surface area contributed by atoms with Crippen LogP contribution in [-0.2, 0) is 14.2 Å². The monoisotopic (exact) mass is 411 g/mol. The van der Waals surface area contributed by atoms with Crippen molar-refractivity contribution < 1.29 is 23.9 Å². The molecule has 0 N–H and O–H groups in total. The summed E-state index contributed by atoms with van der Waals surface area (Å²) in [6, 6.07) is 5.99. The average Bonchev–Trinajstić information content (AvgIpc) is 2.73. The number of nitro benzene ring substituents is 1. The molecule has 29 heavy (non-hydrogen) atoms. The SMILES string of the molecule is CCCCCCCCCCOCCOCCOCCOc1ccc([N+](=O)[O-])cc1. The van der Waals surface area contributed by atoms with E-state index in [1.54, 1.807) is 12.1 Å². The molecule has 0 unspecified atom stereocenters. The fourth-order valence-electron chi connectivity index (χ4n) is 2.76. The minimum Gasteiger partial charge on any atom is -0.491 e. The van der Waals surface area contributed by atoms with Crippen molar-refractivity contribution in [3.63, 3.8) is 0 Å². The highest BCUT2D eigenvalue weighted by Crippen LogP contribution is 2.17. The highest BCUT2D eigenvalue weighted by Gasteiger charge is 2.04. The predicted octanol–water partition coefficient (Wildman–Crippen LogP) is 5.16. The van der Waals surface area contributed by atoms with Crippen LogP contribution >= 0.6 is 0 Å². The molecule has 0 aliphatic carbocycles. The molecule has 0 spiro atoms. The second kappa shape index (κ2) is 18.3. The summed E-state index contributed by atoms with van der Waals surface area (Å²) >= 11 is 0. The fourth-order valence-corrected chi connectivity index (χ4v) is 2.76. The smallest absolute Gasteiger partial charge is 0.269 e. The molecule has 7 heteroatoms. The first-order chi connectivity index (χ1) is 14.2. The summed E-state index contributed by atoms with van der Waals surface area (Å²) in [7, 11) is 0. The summed E-state index contributed by atoms with van der Waals surface area (Å²) in [6.45, 7) is 6.12. The lowest BCUT2D eigenvalue weighted by molar-refractivity contribution is -0.384. The number of non-ortho nitro benzene ring substituents is 1. The van der Waals surface area contributed by atoms with E-state index in [1.807, 2.05) is 0 Å². The van der Waals surface area contributed by atoms with E-state index in [9.17, 15) is 10.1 Å². The largest absolute Gasteiger partial charge is 0.491 e. The Kier molecular flexibility index (Phi) is 16.0. The van der Waals surface area contributed by atoms with Crippen LogP contribution in [0.4, 0.5) is 5.69 Å². The van der Waals surface area contributed by atoms with E-state index in [0.29, 0.717) is 45.4 Å². The van der Waals surface area contributed by atoms with Gasteiger partial charge in [-0.3, -0.25) is 10.1 Å². The van der Waals surface area contributed by atoms with Crippen LogP contribution in [0.2, 0.25) is 0 Å². The van der Waals surface area contributed by atoms with E-state index >= 15 is 0 Å². The molecule has 0 aromatic heterocycles. The molecule has 0 saturated carbocycles. The first-order valence-electron chi connectivity index (χ1n) is 10.8. The molecule has 0 saturated heterocycles. The van der Waals surface area contributed by atoms with Gasteiger partial charge < -0.3 is 18.9 Å². The molecule has 0 radical (unpaired) electrons. The average molecular weight is 412 g/mol. The zero-order valence-corrected chi connectivity index (χ0v) is 17.8. The normalized spacial score (nSPS) is 10.9. The molecule has 0 bridgehead atoms. The van der Waals surface area contributed by atoms with E-state index < -0.39 is 4.92 Å². The molecule has 0 fully saturated rings. The van der Waals surface area contributed by atoms with Crippen molar-refractivity contribution in [3.8, 4) is 5.75 Å². The lowest BCUT2D eigenvalue weighted by Gasteiger charge is -2.08. The molecule has 0 atom stereocenters. The van der Waals surface area contributed by atoms with Gasteiger partial charge in [0.15, 0.2) is 0 Å². The number of benzene rings is 1. The number of ether oxygens (including phenoxy) is 4. The summed E-state index contributed by atoms with van der Waals surface area (Å²) in [5, 5.41) is 10.6. The first kappa shape index (κ1) is 25.3. The summed E-state index contributed by atoms with van der Waals surface area (Å²) in [5.74, 6) is 0.587. The van der Waals surface area contributed by atoms with Gasteiger partial charge in [-0.05, 0) is 18.6 Å². The Balaban J connectivity index is 1.77. The Hall–Kier alpha value is -1.70. The molecule has 0 aliphatic heterocycles. The van der Waals surface area contributed by atoms with Crippen LogP contribution in [0.15, 0.2) is 24.3 Å². The van der Waals surface area contributed by atoms with Crippen LogP contribution in [0.3, 0.4) is 0 Å². The Morgan fingerprint density at radius 3 is 1.72 bits per heavy atom. The quantitative estimate of drug-likeness (QED) is 0.167. The van der Waals surface area contributed by atoms with E-state index in [4.69, 9.17) is 18.9 Å². The Morgan fingerprint density at radius 2 is 1.17 bits per heavy atom. The van der Waals surface area contributed by atoms with Gasteiger partial charge in [0, 0.05) is 18.7 Å². The summed E-state index contributed by atoms with van der Waals surface area (Å²) in [4.78, 5) is 10.1. The molecule has 1 aromatic rings. The number of unbranched alkanes of at least 4 members (excludes halogenated alkanes) is 7. The predicted molar refractivity (Wildman–Crippen MR) is 114 cm³/mol. The van der Waals surface area contributed by atoms with Crippen molar-refractivity contribution >= 4 is 5.69 Å². The van der Waals surface area contributed by atoms with Crippen molar-refractivity contribution in [2.45, 2.75) is 58.3 Å². The Labute approximate surface area is 174 Å². The minimum atomic E-state index is -0.436. The third-order valence-electron chi connectivity index (χ3n) is 4.43. The zero-order valence-electron chi connectivity index (χ0n) is 17.8. The summed E-state index contributed by atoms with van der Waals surface area (Å²) in [6.07, 6.45) is 10.5. The molecule has 1 aromatic carbocycles. The highest BCUT2D eigenvalue weighted by molar-refractivity contribution is 5.35. The standard InChI is InChI=1S/C22H37NO6/c1-2-3-4-5-6-7-8-9-14-26-15-16-27-17-18-28-19-20-29-22-12-10-21(11-13-22)23(24)25/h10-13H,2-9,14-20H2,1H3. The van der Waals surface area contributed by atoms with E-state index in [-0.39, 0.29) is 5.69 Å². The summed E-state index contributed by atoms with van der Waals surface area (Å²) in [5.41, 5.74) is 0.0486. The lowest BCUT2D eigenvalue weighted by atomic mass is 10.1. The van der Waals surface area contributed by atoms with E-state index in [1.165, 1.54) is 57.1 Å². The van der Waals surface area contributed by atoms with Crippen LogP contribution in [-0.4, -0.2) is 51.2 Å². The van der Waals surface area contributed by atoms with Crippen LogP contribution in [0.5, 0.6) is 5.75 Å².